The molecule has 1 aliphatic rings. The Hall–Kier alpha value is -1.34. The molecule has 0 aromatic carbocycles. The molecule has 0 bridgehead atoms. The number of hydrogen-bond donors (Lipinski definition) is 0. The fourth-order valence-corrected chi connectivity index (χ4v) is 2.25. The molecule has 2 rings (SSSR count). The number of hydrogen-bond acceptors (Lipinski definition) is 5. The lowest BCUT2D eigenvalue weighted by atomic mass is 9.82. The summed E-state index contributed by atoms with van der Waals surface area (Å²) in [5, 5.41) is 4.33. The van der Waals surface area contributed by atoms with Gasteiger partial charge in [-0.2, -0.15) is 5.10 Å². The molecule has 1 fully saturated rings. The van der Waals surface area contributed by atoms with E-state index in [1.807, 2.05) is 38.6 Å². The molecule has 0 atom stereocenters. The smallest absolute Gasteiger partial charge is 0.469 e. The molecule has 0 saturated carbocycles. The Morgan fingerprint density at radius 3 is 2.50 bits per heavy atom. The van der Waals surface area contributed by atoms with Crippen molar-refractivity contribution in [2.24, 2.45) is 0 Å². The van der Waals surface area contributed by atoms with Crippen LogP contribution in [0.1, 0.15) is 47.0 Å². The first kappa shape index (κ1) is 17.0. The molecule has 0 radical (unpaired) electrons. The molecular formula is C15H25BN2O4. The third-order valence-electron chi connectivity index (χ3n) is 4.42. The number of esters is 1. The third kappa shape index (κ3) is 3.70. The summed E-state index contributed by atoms with van der Waals surface area (Å²) in [6.07, 6.45) is 5.84. The van der Waals surface area contributed by atoms with E-state index in [4.69, 9.17) is 9.31 Å². The SMILES string of the molecule is COC(=O)CCCCn1cc(B2OC(C)(C)C(C)(C)O2)cn1. The quantitative estimate of drug-likeness (QED) is 0.453. The topological polar surface area (TPSA) is 62.6 Å². The Morgan fingerprint density at radius 2 is 1.91 bits per heavy atom. The van der Waals surface area contributed by atoms with E-state index in [0.29, 0.717) is 6.42 Å². The molecule has 122 valence electrons. The summed E-state index contributed by atoms with van der Waals surface area (Å²) < 4.78 is 18.5. The van der Waals surface area contributed by atoms with Gasteiger partial charge in [0.05, 0.1) is 18.3 Å². The molecule has 1 aromatic heterocycles. The summed E-state index contributed by atoms with van der Waals surface area (Å²) in [5.74, 6) is -0.168. The van der Waals surface area contributed by atoms with Crippen LogP contribution in [0.2, 0.25) is 0 Å². The van der Waals surface area contributed by atoms with E-state index in [2.05, 4.69) is 9.84 Å². The summed E-state index contributed by atoms with van der Waals surface area (Å²) in [6.45, 7) is 8.89. The summed E-state index contributed by atoms with van der Waals surface area (Å²) in [4.78, 5) is 11.0. The van der Waals surface area contributed by atoms with Crippen LogP contribution in [-0.2, 0) is 25.4 Å². The molecule has 0 N–H and O–H groups in total. The van der Waals surface area contributed by atoms with Crippen LogP contribution in [0.4, 0.5) is 0 Å². The second-order valence-electron chi connectivity index (χ2n) is 6.66. The fourth-order valence-electron chi connectivity index (χ4n) is 2.25. The van der Waals surface area contributed by atoms with E-state index in [1.165, 1.54) is 7.11 Å². The lowest BCUT2D eigenvalue weighted by Gasteiger charge is -2.32. The molecule has 1 aliphatic heterocycles. The zero-order valence-corrected chi connectivity index (χ0v) is 14.1. The normalized spacial score (nSPS) is 19.4. The number of methoxy groups -OCH3 is 1. The van der Waals surface area contributed by atoms with Gasteiger partial charge in [-0.05, 0) is 40.5 Å². The average Bonchev–Trinajstić information content (AvgIpc) is 2.98. The largest absolute Gasteiger partial charge is 0.498 e. The number of carbonyl (C=O) groups is 1. The molecule has 0 amide bonds. The van der Waals surface area contributed by atoms with E-state index in [1.54, 1.807) is 6.20 Å². The Labute approximate surface area is 132 Å². The average molecular weight is 308 g/mol. The number of unbranched alkanes of at least 4 members (excludes halogenated alkanes) is 1. The van der Waals surface area contributed by atoms with Crippen molar-refractivity contribution in [1.82, 2.24) is 9.78 Å². The number of nitrogens with zero attached hydrogens (tertiary/aromatic N) is 2. The van der Waals surface area contributed by atoms with Crippen LogP contribution < -0.4 is 5.46 Å². The van der Waals surface area contributed by atoms with Crippen molar-refractivity contribution < 1.29 is 18.8 Å². The van der Waals surface area contributed by atoms with Gasteiger partial charge in [-0.25, -0.2) is 0 Å². The second kappa shape index (κ2) is 6.42. The predicted octanol–water partition coefficient (Wildman–Crippen LogP) is 1.53. The Balaban J connectivity index is 1.86. The molecule has 1 aromatic rings. The summed E-state index contributed by atoms with van der Waals surface area (Å²) in [7, 11) is 1.03. The number of carbonyl (C=O) groups excluding carboxylic acids is 1. The van der Waals surface area contributed by atoms with E-state index in [9.17, 15) is 4.79 Å². The first-order valence-electron chi connectivity index (χ1n) is 7.70. The van der Waals surface area contributed by atoms with Crippen molar-refractivity contribution in [2.45, 2.75) is 64.7 Å². The molecule has 1 saturated heterocycles. The maximum absolute atomic E-state index is 11.0. The van der Waals surface area contributed by atoms with Gasteiger partial charge in [0, 0.05) is 30.8 Å². The molecule has 22 heavy (non-hydrogen) atoms. The monoisotopic (exact) mass is 308 g/mol. The third-order valence-corrected chi connectivity index (χ3v) is 4.42. The van der Waals surface area contributed by atoms with Gasteiger partial charge in [-0.3, -0.25) is 9.48 Å². The van der Waals surface area contributed by atoms with Gasteiger partial charge in [0.2, 0.25) is 0 Å². The maximum atomic E-state index is 11.0. The van der Waals surface area contributed by atoms with Crippen LogP contribution in [-0.4, -0.2) is 41.2 Å². The summed E-state index contributed by atoms with van der Waals surface area (Å²) in [5.41, 5.74) is 0.229. The Kier molecular flexibility index (Phi) is 4.97. The van der Waals surface area contributed by atoms with Crippen LogP contribution >= 0.6 is 0 Å². The van der Waals surface area contributed by atoms with Gasteiger partial charge in [0.25, 0.3) is 0 Å². The molecule has 0 aliphatic carbocycles. The number of ether oxygens (including phenoxy) is 1. The van der Waals surface area contributed by atoms with Gasteiger partial charge in [-0.15, -0.1) is 0 Å². The predicted molar refractivity (Wildman–Crippen MR) is 83.8 cm³/mol. The van der Waals surface area contributed by atoms with Gasteiger partial charge < -0.3 is 14.0 Å². The van der Waals surface area contributed by atoms with Gasteiger partial charge in [-0.1, -0.05) is 0 Å². The molecule has 7 heteroatoms. The highest BCUT2D eigenvalue weighted by atomic mass is 16.7. The highest BCUT2D eigenvalue weighted by molar-refractivity contribution is 6.61. The molecule has 0 unspecified atom stereocenters. The number of aromatic nitrogens is 2. The van der Waals surface area contributed by atoms with E-state index in [0.717, 1.165) is 24.8 Å². The van der Waals surface area contributed by atoms with E-state index in [-0.39, 0.29) is 24.3 Å². The molecule has 6 nitrogen and oxygen atoms in total. The molecule has 0 spiro atoms. The first-order chi connectivity index (χ1) is 10.2. The standard InChI is InChI=1S/C15H25BN2O4/c1-14(2)15(3,4)22-16(21-14)12-10-17-18(11-12)9-7-6-8-13(19)20-5/h10-11H,6-9H2,1-5H3. The van der Waals surface area contributed by atoms with Crippen molar-refractivity contribution >= 4 is 18.6 Å². The zero-order chi connectivity index (χ0) is 16.4. The van der Waals surface area contributed by atoms with Crippen molar-refractivity contribution in [2.75, 3.05) is 7.11 Å². The lowest BCUT2D eigenvalue weighted by Crippen LogP contribution is -2.41. The first-order valence-corrected chi connectivity index (χ1v) is 7.70. The van der Waals surface area contributed by atoms with Crippen LogP contribution in [0.15, 0.2) is 12.4 Å². The van der Waals surface area contributed by atoms with Crippen molar-refractivity contribution in [3.05, 3.63) is 12.4 Å². The van der Waals surface area contributed by atoms with E-state index < -0.39 is 0 Å². The van der Waals surface area contributed by atoms with Crippen LogP contribution in [0.3, 0.4) is 0 Å². The van der Waals surface area contributed by atoms with E-state index >= 15 is 0 Å². The van der Waals surface area contributed by atoms with Crippen LogP contribution in [0, 0.1) is 0 Å². The maximum Gasteiger partial charge on any atom is 0.498 e. The van der Waals surface area contributed by atoms with Gasteiger partial charge >= 0.3 is 13.1 Å². The zero-order valence-electron chi connectivity index (χ0n) is 14.1. The van der Waals surface area contributed by atoms with Gasteiger partial charge in [0.1, 0.15) is 0 Å². The minimum absolute atomic E-state index is 0.168. The van der Waals surface area contributed by atoms with Crippen molar-refractivity contribution in [1.29, 1.82) is 0 Å². The Bertz CT molecular complexity index is 511. The summed E-state index contributed by atoms with van der Waals surface area (Å²) >= 11 is 0. The van der Waals surface area contributed by atoms with Crippen LogP contribution in [0.25, 0.3) is 0 Å². The molecule has 2 heterocycles. The fraction of sp³-hybridized carbons (Fsp3) is 0.733. The Morgan fingerprint density at radius 1 is 1.27 bits per heavy atom. The van der Waals surface area contributed by atoms with Crippen LogP contribution in [0.5, 0.6) is 0 Å². The van der Waals surface area contributed by atoms with Crippen molar-refractivity contribution in [3.63, 3.8) is 0 Å². The number of rotatable bonds is 6. The highest BCUT2D eigenvalue weighted by Crippen LogP contribution is 2.36. The highest BCUT2D eigenvalue weighted by Gasteiger charge is 2.52. The minimum atomic E-state index is -0.381. The minimum Gasteiger partial charge on any atom is -0.469 e. The molecular weight excluding hydrogens is 283 g/mol. The summed E-state index contributed by atoms with van der Waals surface area (Å²) in [6, 6.07) is 0. The van der Waals surface area contributed by atoms with Gasteiger partial charge in [0.15, 0.2) is 0 Å². The lowest BCUT2D eigenvalue weighted by molar-refractivity contribution is -0.140. The van der Waals surface area contributed by atoms with Crippen molar-refractivity contribution in [3.8, 4) is 0 Å². The number of aryl methyl sites for hydroxylation is 1. The second-order valence-corrected chi connectivity index (χ2v) is 6.66.